The van der Waals surface area contributed by atoms with Gasteiger partial charge in [0.25, 0.3) is 11.8 Å². The van der Waals surface area contributed by atoms with Crippen molar-refractivity contribution in [3.63, 3.8) is 0 Å². The van der Waals surface area contributed by atoms with Gasteiger partial charge in [-0.15, -0.1) is 0 Å². The van der Waals surface area contributed by atoms with E-state index in [1.54, 1.807) is 41.5 Å². The maximum atomic E-state index is 13.9. The molecule has 0 bridgehead atoms. The molecule has 284 valence electrons. The molecule has 5 amide bonds. The molecule has 0 spiro atoms. The lowest BCUT2D eigenvalue weighted by Crippen LogP contribution is -2.60. The molecular formula is C35H63F2N5O7. The number of nitrogens with zero attached hydrogens (tertiary/aromatic N) is 1. The van der Waals surface area contributed by atoms with Crippen molar-refractivity contribution in [2.75, 3.05) is 13.1 Å². The summed E-state index contributed by atoms with van der Waals surface area (Å²) in [5, 5.41) is 7.32. The number of carbonyl (C=O) groups is 6. The smallest absolute Gasteiger partial charge is 0.325 e. The summed E-state index contributed by atoms with van der Waals surface area (Å²) < 4.78 is 33.0. The van der Waals surface area contributed by atoms with Crippen molar-refractivity contribution in [1.82, 2.24) is 20.9 Å². The third-order valence-electron chi connectivity index (χ3n) is 7.12. The van der Waals surface area contributed by atoms with Crippen LogP contribution in [-0.4, -0.2) is 83.1 Å². The summed E-state index contributed by atoms with van der Waals surface area (Å²) in [6, 6.07) is -4.57. The van der Waals surface area contributed by atoms with E-state index >= 15 is 0 Å². The van der Waals surface area contributed by atoms with E-state index in [-0.39, 0.29) is 31.7 Å². The Bertz CT molecular complexity index is 1140. The molecule has 2 rings (SSSR count). The number of ether oxygens (including phenoxy) is 1. The Morgan fingerprint density at radius 2 is 1.43 bits per heavy atom. The van der Waals surface area contributed by atoms with E-state index < -0.39 is 89.5 Å². The highest BCUT2D eigenvalue weighted by Crippen LogP contribution is 2.46. The Balaban J connectivity index is 0.00000258. The second-order valence-corrected chi connectivity index (χ2v) is 16.5. The van der Waals surface area contributed by atoms with Gasteiger partial charge in [-0.05, 0) is 63.2 Å². The van der Waals surface area contributed by atoms with Crippen LogP contribution >= 0.6 is 0 Å². The summed E-state index contributed by atoms with van der Waals surface area (Å²) in [7, 11) is 0. The van der Waals surface area contributed by atoms with Crippen molar-refractivity contribution in [2.45, 2.75) is 145 Å². The monoisotopic (exact) mass is 703 g/mol. The lowest BCUT2D eigenvalue weighted by Gasteiger charge is -2.38. The highest BCUT2D eigenvalue weighted by atomic mass is 19.3. The molecule has 5 N–H and O–H groups in total. The number of nitrogens with one attached hydrogen (secondary N) is 3. The van der Waals surface area contributed by atoms with Gasteiger partial charge in [0.15, 0.2) is 0 Å². The first kappa shape index (κ1) is 45.7. The van der Waals surface area contributed by atoms with Crippen LogP contribution in [0.15, 0.2) is 0 Å². The molecule has 1 aliphatic carbocycles. The van der Waals surface area contributed by atoms with Gasteiger partial charge in [0.2, 0.25) is 17.6 Å². The summed E-state index contributed by atoms with van der Waals surface area (Å²) >= 11 is 0. The average Bonchev–Trinajstić information content (AvgIpc) is 3.30. The lowest BCUT2D eigenvalue weighted by molar-refractivity contribution is -0.153. The predicted octanol–water partition coefficient (Wildman–Crippen LogP) is 4.58. The van der Waals surface area contributed by atoms with Gasteiger partial charge in [-0.3, -0.25) is 24.0 Å². The normalized spacial score (nSPS) is 21.1. The van der Waals surface area contributed by atoms with E-state index in [2.05, 4.69) is 57.5 Å². The summed E-state index contributed by atoms with van der Waals surface area (Å²) in [6.45, 7) is 24.7. The second-order valence-electron chi connectivity index (χ2n) is 16.5. The number of Topliss-reactive ketones (excluding diaryl/α,β-unsaturated/α-hetero) is 1. The zero-order valence-corrected chi connectivity index (χ0v) is 31.9. The molecule has 1 saturated carbocycles. The molecule has 0 aromatic carbocycles. The Hall–Kier alpha value is -3.32. The van der Waals surface area contributed by atoms with Crippen molar-refractivity contribution >= 4 is 35.5 Å². The minimum atomic E-state index is -3.01. The molecule has 1 aliphatic heterocycles. The fourth-order valence-corrected chi connectivity index (χ4v) is 4.88. The number of ketones is 1. The van der Waals surface area contributed by atoms with Crippen LogP contribution in [0.2, 0.25) is 0 Å². The van der Waals surface area contributed by atoms with E-state index in [9.17, 15) is 37.5 Å². The molecule has 14 heteroatoms. The first-order valence-electron chi connectivity index (χ1n) is 17.2. The third kappa shape index (κ3) is 17.3. The van der Waals surface area contributed by atoms with Gasteiger partial charge >= 0.3 is 12.0 Å². The zero-order valence-electron chi connectivity index (χ0n) is 31.9. The number of carbonyl (C=O) groups excluding carboxylic acids is 6. The number of nitrogens with two attached hydrogens (primary N) is 1. The van der Waals surface area contributed by atoms with E-state index in [4.69, 9.17) is 10.5 Å². The first-order chi connectivity index (χ1) is 22.1. The number of hydrogen-bond acceptors (Lipinski definition) is 7. The molecule has 1 saturated heterocycles. The van der Waals surface area contributed by atoms with E-state index in [1.807, 2.05) is 6.92 Å². The number of primary amides is 1. The van der Waals surface area contributed by atoms with E-state index in [1.165, 1.54) is 4.90 Å². The fourth-order valence-electron chi connectivity index (χ4n) is 4.88. The highest BCUT2D eigenvalue weighted by molar-refractivity contribution is 6.37. The van der Waals surface area contributed by atoms with Crippen molar-refractivity contribution < 1.29 is 42.3 Å². The van der Waals surface area contributed by atoms with Crippen molar-refractivity contribution in [3.05, 3.63) is 0 Å². The van der Waals surface area contributed by atoms with Crippen molar-refractivity contribution in [2.24, 2.45) is 34.8 Å². The van der Waals surface area contributed by atoms with Crippen LogP contribution in [-0.2, 0) is 28.7 Å². The number of halogens is 2. The van der Waals surface area contributed by atoms with Crippen molar-refractivity contribution in [1.29, 1.82) is 0 Å². The van der Waals surface area contributed by atoms with Gasteiger partial charge < -0.3 is 31.3 Å². The highest BCUT2D eigenvalue weighted by Gasteiger charge is 2.50. The Kier molecular flexibility index (Phi) is 17.9. The number of rotatable bonds is 10. The molecule has 12 nitrogen and oxygen atoms in total. The number of amides is 5. The van der Waals surface area contributed by atoms with Crippen LogP contribution in [0.4, 0.5) is 13.6 Å². The minimum absolute atomic E-state index is 0.130. The molecule has 4 unspecified atom stereocenters. The summed E-state index contributed by atoms with van der Waals surface area (Å²) in [4.78, 5) is 76.9. The van der Waals surface area contributed by atoms with Crippen LogP contribution in [0, 0.1) is 29.1 Å². The lowest BCUT2D eigenvalue weighted by atomic mass is 9.76. The average molecular weight is 704 g/mol. The third-order valence-corrected chi connectivity index (χ3v) is 7.12. The molecule has 0 radical (unpaired) electrons. The van der Waals surface area contributed by atoms with Crippen LogP contribution < -0.4 is 21.7 Å². The van der Waals surface area contributed by atoms with Gasteiger partial charge in [0.1, 0.15) is 24.2 Å². The Labute approximate surface area is 291 Å². The van der Waals surface area contributed by atoms with Crippen molar-refractivity contribution in [3.8, 4) is 0 Å². The van der Waals surface area contributed by atoms with E-state index in [0.717, 1.165) is 11.8 Å². The standard InChI is InChI=1S/C27H43F2N5O7.2C4H10/c1-14-10-17(22(38)32-16(19(36)21(30)37)11-15-8-9-27(15,28)29)34(13-14)23(39)20(25(2,3)4)33-24(40)31-12-18(35)41-26(5,6)7;2*1-4(2)3/h14-17,20H,8-13H2,1-7H3,(H2,30,37)(H,32,38)(H2,31,33,40);2*4H,1-3H3/t14?,15?,16?,17-,20?;;/m0../s1. The number of urea groups is 1. The largest absolute Gasteiger partial charge is 0.459 e. The van der Waals surface area contributed by atoms with E-state index in [0.29, 0.717) is 0 Å². The van der Waals surface area contributed by atoms with Gasteiger partial charge in [0, 0.05) is 18.9 Å². The Morgan fingerprint density at radius 3 is 1.82 bits per heavy atom. The first-order valence-corrected chi connectivity index (χ1v) is 17.2. The second kappa shape index (κ2) is 19.2. The molecular weight excluding hydrogens is 640 g/mol. The molecule has 1 heterocycles. The number of likely N-dealkylation sites (tertiary alicyclic amines) is 1. The fraction of sp³-hybridized carbons (Fsp3) is 0.829. The topological polar surface area (TPSA) is 177 Å². The predicted molar refractivity (Wildman–Crippen MR) is 184 cm³/mol. The molecule has 2 aliphatic rings. The summed E-state index contributed by atoms with van der Waals surface area (Å²) in [5.74, 6) is -7.27. The van der Waals surface area contributed by atoms with Gasteiger partial charge in [-0.1, -0.05) is 69.2 Å². The van der Waals surface area contributed by atoms with Gasteiger partial charge in [-0.25, -0.2) is 13.6 Å². The van der Waals surface area contributed by atoms with Gasteiger partial charge in [-0.2, -0.15) is 0 Å². The Morgan fingerprint density at radius 1 is 0.918 bits per heavy atom. The van der Waals surface area contributed by atoms with Crippen LogP contribution in [0.5, 0.6) is 0 Å². The maximum Gasteiger partial charge on any atom is 0.325 e. The molecule has 49 heavy (non-hydrogen) atoms. The van der Waals surface area contributed by atoms with Crippen LogP contribution in [0.25, 0.3) is 0 Å². The molecule has 2 fully saturated rings. The SMILES string of the molecule is CC(C)C.CC(C)C.CC1C[C@@H](C(=O)NC(CC2CCC2(F)F)C(=O)C(N)=O)N(C(=O)C(NC(=O)NCC(=O)OC(C)(C)C)C(C)(C)C)C1. The number of hydrogen-bond donors (Lipinski definition) is 4. The summed E-state index contributed by atoms with van der Waals surface area (Å²) in [6.07, 6.45) is -0.472. The molecule has 0 aromatic rings. The number of alkyl halides is 2. The molecule has 5 atom stereocenters. The van der Waals surface area contributed by atoms with Gasteiger partial charge in [0.05, 0.1) is 6.04 Å². The maximum absolute atomic E-state index is 13.9. The number of esters is 1. The van der Waals surface area contributed by atoms with Crippen LogP contribution in [0.1, 0.15) is 116 Å². The molecule has 0 aromatic heterocycles. The van der Waals surface area contributed by atoms with Crippen LogP contribution in [0.3, 0.4) is 0 Å². The zero-order chi connectivity index (χ0) is 38.7. The summed E-state index contributed by atoms with van der Waals surface area (Å²) in [5.41, 5.74) is 3.53. The quantitative estimate of drug-likeness (QED) is 0.190. The minimum Gasteiger partial charge on any atom is -0.459 e.